The predicted octanol–water partition coefficient (Wildman–Crippen LogP) is 1.65. The number of likely N-dealkylation sites (tertiary alicyclic amines) is 1. The third-order valence-electron chi connectivity index (χ3n) is 4.82. The monoisotopic (exact) mass is 298 g/mol. The van der Waals surface area contributed by atoms with E-state index in [1.165, 1.54) is 0 Å². The van der Waals surface area contributed by atoms with Gasteiger partial charge in [0.05, 0.1) is 19.3 Å². The zero-order valence-corrected chi connectivity index (χ0v) is 13.0. The minimum absolute atomic E-state index is 0.0335. The molecule has 21 heavy (non-hydrogen) atoms. The second kappa shape index (κ2) is 7.11. The van der Waals surface area contributed by atoms with Crippen LogP contribution in [0.4, 0.5) is 4.79 Å². The van der Waals surface area contributed by atoms with Gasteiger partial charge in [-0.05, 0) is 25.7 Å². The summed E-state index contributed by atoms with van der Waals surface area (Å²) in [5, 5.41) is 9.26. The molecule has 6 heteroatoms. The van der Waals surface area contributed by atoms with E-state index in [2.05, 4.69) is 6.92 Å². The van der Waals surface area contributed by atoms with E-state index in [0.29, 0.717) is 19.1 Å². The third-order valence-corrected chi connectivity index (χ3v) is 4.82. The fourth-order valence-corrected chi connectivity index (χ4v) is 3.31. The molecule has 6 nitrogen and oxygen atoms in total. The van der Waals surface area contributed by atoms with Crippen LogP contribution in [0.5, 0.6) is 0 Å². The molecular weight excluding hydrogens is 272 g/mol. The van der Waals surface area contributed by atoms with Gasteiger partial charge < -0.3 is 19.6 Å². The maximum absolute atomic E-state index is 12.7. The Hall–Kier alpha value is -1.30. The van der Waals surface area contributed by atoms with Crippen molar-refractivity contribution in [1.82, 2.24) is 9.80 Å². The topological polar surface area (TPSA) is 70.1 Å². The molecule has 0 aromatic rings. The smallest absolute Gasteiger partial charge is 0.320 e. The van der Waals surface area contributed by atoms with Gasteiger partial charge in [0.25, 0.3) is 0 Å². The number of rotatable bonds is 4. The molecule has 2 rings (SSSR count). The Morgan fingerprint density at radius 2 is 1.90 bits per heavy atom. The Morgan fingerprint density at radius 1 is 1.24 bits per heavy atom. The number of carbonyl (C=O) groups excluding carboxylic acids is 1. The summed E-state index contributed by atoms with van der Waals surface area (Å²) in [5.41, 5.74) is 0. The molecule has 1 N–H and O–H groups in total. The van der Waals surface area contributed by atoms with E-state index >= 15 is 0 Å². The molecule has 2 aliphatic rings. The van der Waals surface area contributed by atoms with Crippen molar-refractivity contribution in [3.63, 3.8) is 0 Å². The first-order valence-corrected chi connectivity index (χ1v) is 7.94. The van der Waals surface area contributed by atoms with Crippen LogP contribution in [0.2, 0.25) is 0 Å². The molecule has 0 bridgehead atoms. The highest BCUT2D eigenvalue weighted by molar-refractivity contribution is 5.77. The van der Waals surface area contributed by atoms with Crippen LogP contribution in [0.1, 0.15) is 33.1 Å². The number of aliphatic carboxylic acids is 1. The number of likely N-dealkylation sites (N-methyl/N-ethyl adjacent to an activating group) is 1. The molecule has 0 spiro atoms. The van der Waals surface area contributed by atoms with Crippen LogP contribution in [0.3, 0.4) is 0 Å². The van der Waals surface area contributed by atoms with Gasteiger partial charge in [-0.2, -0.15) is 0 Å². The maximum Gasteiger partial charge on any atom is 0.320 e. The molecule has 2 amide bonds. The van der Waals surface area contributed by atoms with Crippen LogP contribution >= 0.6 is 0 Å². The summed E-state index contributed by atoms with van der Waals surface area (Å²) in [7, 11) is 0. The van der Waals surface area contributed by atoms with Crippen LogP contribution in [0, 0.1) is 11.8 Å². The number of urea groups is 1. The highest BCUT2D eigenvalue weighted by Crippen LogP contribution is 2.24. The zero-order valence-electron chi connectivity index (χ0n) is 13.0. The fraction of sp³-hybridized carbons (Fsp3) is 0.867. The summed E-state index contributed by atoms with van der Waals surface area (Å²) in [6, 6.07) is -0.377. The molecule has 0 aliphatic carbocycles. The van der Waals surface area contributed by atoms with E-state index in [1.807, 2.05) is 11.8 Å². The first-order chi connectivity index (χ1) is 10.1. The Labute approximate surface area is 126 Å². The largest absolute Gasteiger partial charge is 0.481 e. The van der Waals surface area contributed by atoms with Crippen LogP contribution in [0.15, 0.2) is 0 Å². The summed E-state index contributed by atoms with van der Waals surface area (Å²) in [4.78, 5) is 27.5. The van der Waals surface area contributed by atoms with E-state index in [4.69, 9.17) is 4.74 Å². The summed E-state index contributed by atoms with van der Waals surface area (Å²) < 4.78 is 5.29. The van der Waals surface area contributed by atoms with Crippen molar-refractivity contribution in [2.75, 3.05) is 32.8 Å². The summed E-state index contributed by atoms with van der Waals surface area (Å²) in [6.45, 7) is 6.67. The van der Waals surface area contributed by atoms with Gasteiger partial charge in [0.15, 0.2) is 0 Å². The van der Waals surface area contributed by atoms with Crippen LogP contribution < -0.4 is 0 Å². The lowest BCUT2D eigenvalue weighted by atomic mass is 9.94. The first kappa shape index (κ1) is 16.1. The molecular formula is C15H26N2O4. The lowest BCUT2D eigenvalue weighted by molar-refractivity contribution is -0.142. The number of carbonyl (C=O) groups is 2. The number of piperidine rings is 1. The number of carboxylic acid groups (broad SMARTS) is 1. The van der Waals surface area contributed by atoms with Crippen molar-refractivity contribution in [2.24, 2.45) is 11.8 Å². The summed E-state index contributed by atoms with van der Waals surface area (Å²) in [6.07, 6.45) is 3.25. The van der Waals surface area contributed by atoms with E-state index in [9.17, 15) is 14.7 Å². The third kappa shape index (κ3) is 3.48. The van der Waals surface area contributed by atoms with Gasteiger partial charge in [0, 0.05) is 19.6 Å². The first-order valence-electron chi connectivity index (χ1n) is 7.94. The van der Waals surface area contributed by atoms with E-state index < -0.39 is 11.9 Å². The van der Waals surface area contributed by atoms with E-state index in [0.717, 1.165) is 32.4 Å². The van der Waals surface area contributed by atoms with Gasteiger partial charge in [0.2, 0.25) is 0 Å². The standard InChI is InChI=1S/C15H26N2O4/c1-3-11-5-7-16(8-6-11)15(20)17(4-2)13-10-21-9-12(13)14(18)19/h11-13H,3-10H2,1-2H3,(H,18,19). The lowest BCUT2D eigenvalue weighted by Crippen LogP contribution is -2.53. The molecule has 0 radical (unpaired) electrons. The predicted molar refractivity (Wildman–Crippen MR) is 78.1 cm³/mol. The Morgan fingerprint density at radius 3 is 2.43 bits per heavy atom. The number of amides is 2. The second-order valence-corrected chi connectivity index (χ2v) is 5.96. The van der Waals surface area contributed by atoms with E-state index in [1.54, 1.807) is 4.90 Å². The minimum atomic E-state index is -0.881. The van der Waals surface area contributed by atoms with Crippen LogP contribution in [-0.2, 0) is 9.53 Å². The molecule has 0 aromatic heterocycles. The number of hydrogen-bond donors (Lipinski definition) is 1. The Bertz CT molecular complexity index is 380. The number of hydrogen-bond acceptors (Lipinski definition) is 3. The molecule has 2 aliphatic heterocycles. The number of ether oxygens (including phenoxy) is 1. The van der Waals surface area contributed by atoms with Gasteiger partial charge in [-0.1, -0.05) is 13.3 Å². The van der Waals surface area contributed by atoms with Gasteiger partial charge in [-0.25, -0.2) is 4.79 Å². The molecule has 0 aromatic carbocycles. The Balaban J connectivity index is 2.00. The summed E-state index contributed by atoms with van der Waals surface area (Å²) in [5.74, 6) is -0.777. The molecule has 2 atom stereocenters. The lowest BCUT2D eigenvalue weighted by Gasteiger charge is -2.38. The van der Waals surface area contributed by atoms with Crippen LogP contribution in [-0.4, -0.2) is 65.8 Å². The molecule has 2 saturated heterocycles. The van der Waals surface area contributed by atoms with Gasteiger partial charge in [0.1, 0.15) is 5.92 Å². The quantitative estimate of drug-likeness (QED) is 0.857. The van der Waals surface area contributed by atoms with Gasteiger partial charge in [-0.3, -0.25) is 4.79 Å². The van der Waals surface area contributed by atoms with Crippen molar-refractivity contribution in [3.8, 4) is 0 Å². The highest BCUT2D eigenvalue weighted by Gasteiger charge is 2.40. The van der Waals surface area contributed by atoms with Crippen molar-refractivity contribution >= 4 is 12.0 Å². The van der Waals surface area contributed by atoms with Gasteiger partial charge in [-0.15, -0.1) is 0 Å². The van der Waals surface area contributed by atoms with Crippen molar-refractivity contribution in [1.29, 1.82) is 0 Å². The van der Waals surface area contributed by atoms with E-state index in [-0.39, 0.29) is 18.7 Å². The summed E-state index contributed by atoms with van der Waals surface area (Å²) >= 11 is 0. The molecule has 2 unspecified atom stereocenters. The van der Waals surface area contributed by atoms with Crippen molar-refractivity contribution in [3.05, 3.63) is 0 Å². The normalized spacial score (nSPS) is 26.9. The van der Waals surface area contributed by atoms with Crippen molar-refractivity contribution in [2.45, 2.75) is 39.2 Å². The maximum atomic E-state index is 12.7. The fourth-order valence-electron chi connectivity index (χ4n) is 3.31. The zero-order chi connectivity index (χ0) is 15.4. The average Bonchev–Trinajstić information content (AvgIpc) is 2.97. The number of carboxylic acids is 1. The van der Waals surface area contributed by atoms with Crippen molar-refractivity contribution < 1.29 is 19.4 Å². The average molecular weight is 298 g/mol. The molecule has 2 heterocycles. The van der Waals surface area contributed by atoms with Gasteiger partial charge >= 0.3 is 12.0 Å². The molecule has 0 saturated carbocycles. The molecule has 2 fully saturated rings. The highest BCUT2D eigenvalue weighted by atomic mass is 16.5. The minimum Gasteiger partial charge on any atom is -0.481 e. The second-order valence-electron chi connectivity index (χ2n) is 5.96. The molecule has 120 valence electrons. The SMILES string of the molecule is CCC1CCN(C(=O)N(CC)C2COCC2C(=O)O)CC1. The van der Waals surface area contributed by atoms with Crippen LogP contribution in [0.25, 0.3) is 0 Å². The Kier molecular flexibility index (Phi) is 5.45. The number of nitrogens with zero attached hydrogens (tertiary/aromatic N) is 2.